The Bertz CT molecular complexity index is 1300. The van der Waals surface area contributed by atoms with E-state index < -0.39 is 0 Å². The van der Waals surface area contributed by atoms with Gasteiger partial charge >= 0.3 is 0 Å². The maximum Gasteiger partial charge on any atom is 0.230 e. The number of nitrogens with one attached hydrogen (secondary N) is 2. The lowest BCUT2D eigenvalue weighted by atomic mass is 9.87. The number of pyridine rings is 2. The lowest BCUT2D eigenvalue weighted by molar-refractivity contribution is 0.298. The molecule has 6 rings (SSSR count). The number of fused-ring (bicyclic) bond motifs is 4. The van der Waals surface area contributed by atoms with Crippen LogP contribution in [0, 0.1) is 12.8 Å². The van der Waals surface area contributed by atoms with E-state index in [0.29, 0.717) is 12.0 Å². The summed E-state index contributed by atoms with van der Waals surface area (Å²) in [5.41, 5.74) is 5.60. The van der Waals surface area contributed by atoms with Crippen molar-refractivity contribution >= 4 is 33.7 Å². The third kappa shape index (κ3) is 3.41. The lowest BCUT2D eigenvalue weighted by Gasteiger charge is -2.28. The number of aromatic nitrogens is 5. The standard InChI is InChI=1S/C25H29N7/c1-15-3-6-18(7-4-15)32-22-14-27-16(2)11-19(22)20-13-28-25(31-24(20)32)30-23-8-5-17-12-26-10-9-21(17)29-23/h5,8,11,13-15,18,26H,3-4,6-7,9-10,12H2,1-2H3,(H,28,29,30,31)/t15-,18-. The van der Waals surface area contributed by atoms with Crippen molar-refractivity contribution in [2.75, 3.05) is 11.9 Å². The van der Waals surface area contributed by atoms with Crippen molar-refractivity contribution in [3.63, 3.8) is 0 Å². The molecule has 1 aliphatic heterocycles. The van der Waals surface area contributed by atoms with E-state index >= 15 is 0 Å². The number of hydrogen-bond acceptors (Lipinski definition) is 6. The minimum absolute atomic E-state index is 0.452. The summed E-state index contributed by atoms with van der Waals surface area (Å²) < 4.78 is 2.42. The molecule has 0 atom stereocenters. The minimum atomic E-state index is 0.452. The number of aryl methyl sites for hydroxylation is 1. The van der Waals surface area contributed by atoms with Crippen LogP contribution in [0.2, 0.25) is 0 Å². The van der Waals surface area contributed by atoms with Crippen molar-refractivity contribution in [2.24, 2.45) is 5.92 Å². The molecule has 0 saturated heterocycles. The van der Waals surface area contributed by atoms with Crippen LogP contribution in [0.1, 0.15) is 55.6 Å². The first-order chi connectivity index (χ1) is 15.7. The Morgan fingerprint density at radius 2 is 1.91 bits per heavy atom. The van der Waals surface area contributed by atoms with Crippen molar-refractivity contribution < 1.29 is 0 Å². The molecule has 0 radical (unpaired) electrons. The fourth-order valence-corrected chi connectivity index (χ4v) is 5.27. The van der Waals surface area contributed by atoms with Gasteiger partial charge in [-0.3, -0.25) is 4.98 Å². The third-order valence-corrected chi connectivity index (χ3v) is 7.08. The van der Waals surface area contributed by atoms with Crippen LogP contribution >= 0.6 is 0 Å². The lowest BCUT2D eigenvalue weighted by Crippen LogP contribution is -2.24. The molecular weight excluding hydrogens is 398 g/mol. The molecule has 0 aromatic carbocycles. The monoisotopic (exact) mass is 427 g/mol. The molecule has 4 aromatic rings. The molecule has 7 heteroatoms. The largest absolute Gasteiger partial charge is 0.321 e. The SMILES string of the molecule is Cc1cc2c3cnc(Nc4ccc5c(n4)CCNC5)nc3n([C@H]3CC[C@H](C)CC3)c2cn1. The summed E-state index contributed by atoms with van der Waals surface area (Å²) >= 11 is 0. The Morgan fingerprint density at radius 1 is 1.03 bits per heavy atom. The predicted octanol–water partition coefficient (Wildman–Crippen LogP) is 4.82. The highest BCUT2D eigenvalue weighted by Crippen LogP contribution is 2.38. The predicted molar refractivity (Wildman–Crippen MR) is 127 cm³/mol. The van der Waals surface area contributed by atoms with Crippen molar-refractivity contribution in [2.45, 2.75) is 58.5 Å². The number of rotatable bonds is 3. The van der Waals surface area contributed by atoms with Gasteiger partial charge in [0.05, 0.1) is 11.7 Å². The second-order valence-corrected chi connectivity index (χ2v) is 9.41. The molecule has 1 fully saturated rings. The summed E-state index contributed by atoms with van der Waals surface area (Å²) in [5, 5.41) is 9.04. The fourth-order valence-electron chi connectivity index (χ4n) is 5.27. The van der Waals surface area contributed by atoms with Crippen LogP contribution in [0.25, 0.3) is 21.9 Å². The summed E-state index contributed by atoms with van der Waals surface area (Å²) in [6.45, 7) is 6.26. The van der Waals surface area contributed by atoms with Crippen LogP contribution in [-0.2, 0) is 13.0 Å². The Kier molecular flexibility index (Phi) is 4.79. The smallest absolute Gasteiger partial charge is 0.230 e. The van der Waals surface area contributed by atoms with E-state index in [1.165, 1.54) is 36.6 Å². The van der Waals surface area contributed by atoms with Crippen molar-refractivity contribution in [3.8, 4) is 0 Å². The zero-order valence-electron chi connectivity index (χ0n) is 18.7. The topological polar surface area (TPSA) is 80.5 Å². The highest BCUT2D eigenvalue weighted by molar-refractivity contribution is 6.06. The van der Waals surface area contributed by atoms with E-state index in [4.69, 9.17) is 9.97 Å². The van der Waals surface area contributed by atoms with E-state index in [9.17, 15) is 0 Å². The Hall–Kier alpha value is -3.06. The van der Waals surface area contributed by atoms with Gasteiger partial charge in [-0.2, -0.15) is 4.98 Å². The molecule has 1 aliphatic carbocycles. The molecule has 164 valence electrons. The van der Waals surface area contributed by atoms with Crippen molar-refractivity contribution in [1.82, 2.24) is 29.8 Å². The van der Waals surface area contributed by atoms with Gasteiger partial charge in [-0.1, -0.05) is 13.0 Å². The second kappa shape index (κ2) is 7.81. The van der Waals surface area contributed by atoms with Gasteiger partial charge in [0.2, 0.25) is 5.95 Å². The normalized spacial score (nSPS) is 21.1. The molecule has 4 aromatic heterocycles. The average molecular weight is 428 g/mol. The summed E-state index contributed by atoms with van der Waals surface area (Å²) in [6, 6.07) is 6.77. The summed E-state index contributed by atoms with van der Waals surface area (Å²) in [7, 11) is 0. The van der Waals surface area contributed by atoms with Crippen LogP contribution < -0.4 is 10.6 Å². The highest BCUT2D eigenvalue weighted by atomic mass is 15.2. The maximum absolute atomic E-state index is 5.00. The molecule has 2 aliphatic rings. The van der Waals surface area contributed by atoms with Gasteiger partial charge < -0.3 is 15.2 Å². The zero-order valence-corrected chi connectivity index (χ0v) is 18.7. The first kappa shape index (κ1) is 19.6. The van der Waals surface area contributed by atoms with Crippen molar-refractivity contribution in [1.29, 1.82) is 0 Å². The molecule has 5 heterocycles. The quantitative estimate of drug-likeness (QED) is 0.488. The van der Waals surface area contributed by atoms with Gasteiger partial charge in [0.15, 0.2) is 0 Å². The third-order valence-electron chi connectivity index (χ3n) is 7.08. The summed E-state index contributed by atoms with van der Waals surface area (Å²) in [4.78, 5) is 19.1. The molecule has 0 unspecified atom stereocenters. The van der Waals surface area contributed by atoms with Crippen LogP contribution in [0.15, 0.2) is 30.6 Å². The number of anilines is 2. The van der Waals surface area contributed by atoms with Crippen LogP contribution in [-0.4, -0.2) is 31.0 Å². The molecular formula is C25H29N7. The first-order valence-electron chi connectivity index (χ1n) is 11.8. The Balaban J connectivity index is 1.43. The van der Waals surface area contributed by atoms with Crippen LogP contribution in [0.5, 0.6) is 0 Å². The van der Waals surface area contributed by atoms with Gasteiger partial charge in [0, 0.05) is 53.9 Å². The second-order valence-electron chi connectivity index (χ2n) is 9.41. The van der Waals surface area contributed by atoms with E-state index in [0.717, 1.165) is 59.2 Å². The van der Waals surface area contributed by atoms with Gasteiger partial charge in [0.1, 0.15) is 11.5 Å². The molecule has 7 nitrogen and oxygen atoms in total. The fraction of sp³-hybridized carbons (Fsp3) is 0.440. The summed E-state index contributed by atoms with van der Waals surface area (Å²) in [6.07, 6.45) is 9.80. The molecule has 0 spiro atoms. The molecule has 32 heavy (non-hydrogen) atoms. The van der Waals surface area contributed by atoms with E-state index in [2.05, 4.69) is 44.2 Å². The zero-order chi connectivity index (χ0) is 21.7. The molecule has 1 saturated carbocycles. The van der Waals surface area contributed by atoms with Gasteiger partial charge in [-0.05, 0) is 56.2 Å². The molecule has 0 amide bonds. The Labute approximate surface area is 187 Å². The van der Waals surface area contributed by atoms with Gasteiger partial charge in [-0.25, -0.2) is 9.97 Å². The summed E-state index contributed by atoms with van der Waals surface area (Å²) in [5.74, 6) is 2.20. The Morgan fingerprint density at radius 3 is 2.78 bits per heavy atom. The van der Waals surface area contributed by atoms with E-state index in [1.807, 2.05) is 25.4 Å². The highest BCUT2D eigenvalue weighted by Gasteiger charge is 2.25. The van der Waals surface area contributed by atoms with Crippen LogP contribution in [0.4, 0.5) is 11.8 Å². The maximum atomic E-state index is 5.00. The molecule has 2 N–H and O–H groups in total. The van der Waals surface area contributed by atoms with Gasteiger partial charge in [0.25, 0.3) is 0 Å². The van der Waals surface area contributed by atoms with Gasteiger partial charge in [-0.15, -0.1) is 0 Å². The minimum Gasteiger partial charge on any atom is -0.321 e. The van der Waals surface area contributed by atoms with E-state index in [-0.39, 0.29) is 0 Å². The molecule has 0 bridgehead atoms. The number of hydrogen-bond donors (Lipinski definition) is 2. The van der Waals surface area contributed by atoms with E-state index in [1.54, 1.807) is 0 Å². The average Bonchev–Trinajstić information content (AvgIpc) is 3.12. The number of nitrogens with zero attached hydrogens (tertiary/aromatic N) is 5. The van der Waals surface area contributed by atoms with Crippen LogP contribution in [0.3, 0.4) is 0 Å². The first-order valence-corrected chi connectivity index (χ1v) is 11.8. The van der Waals surface area contributed by atoms with Crippen molar-refractivity contribution in [3.05, 3.63) is 47.5 Å².